The molecule has 0 aromatic rings. The first-order valence-corrected chi connectivity index (χ1v) is 6.68. The average Bonchev–Trinajstić information content (AvgIpc) is 2.42. The summed E-state index contributed by atoms with van der Waals surface area (Å²) in [7, 11) is 0. The molecule has 0 aliphatic heterocycles. The summed E-state index contributed by atoms with van der Waals surface area (Å²) < 4.78 is 0. The van der Waals surface area contributed by atoms with Crippen molar-refractivity contribution >= 4 is 29.6 Å². The fourth-order valence-electron chi connectivity index (χ4n) is 1.38. The lowest BCUT2D eigenvalue weighted by atomic mass is 10.2. The minimum absolute atomic E-state index is 0.387. The zero-order valence-corrected chi connectivity index (χ0v) is 12.8. The molecule has 3 atom stereocenters. The van der Waals surface area contributed by atoms with E-state index in [4.69, 9.17) is 16.6 Å². The van der Waals surface area contributed by atoms with Gasteiger partial charge in [0.05, 0.1) is 19.0 Å². The summed E-state index contributed by atoms with van der Waals surface area (Å²) in [6, 6.07) is -3.35. The molecule has 3 unspecified atom stereocenters. The molecule has 130 valence electrons. The molecule has 0 saturated carbocycles. The Morgan fingerprint density at radius 2 is 1.61 bits per heavy atom. The molecule has 8 N–H and O–H groups in total. The molecule has 23 heavy (non-hydrogen) atoms. The third-order valence-corrected chi connectivity index (χ3v) is 2.63. The van der Waals surface area contributed by atoms with Gasteiger partial charge in [0.2, 0.25) is 23.6 Å². The Balaban J connectivity index is 4.42. The topological polar surface area (TPSA) is 194 Å². The van der Waals surface area contributed by atoms with Gasteiger partial charge in [-0.1, -0.05) is 0 Å². The van der Waals surface area contributed by atoms with Gasteiger partial charge in [-0.3, -0.25) is 19.2 Å². The van der Waals surface area contributed by atoms with E-state index in [1.807, 2.05) is 0 Å². The van der Waals surface area contributed by atoms with Crippen LogP contribution in [0.5, 0.6) is 0 Å². The van der Waals surface area contributed by atoms with Gasteiger partial charge >= 0.3 is 5.97 Å². The second kappa shape index (κ2) is 9.35. The Hall–Kier alpha value is -2.69. The molecule has 11 nitrogen and oxygen atoms in total. The molecule has 11 heteroatoms. The maximum atomic E-state index is 11.8. The Labute approximate surface area is 132 Å². The van der Waals surface area contributed by atoms with Crippen LogP contribution in [0.15, 0.2) is 0 Å². The van der Waals surface area contributed by atoms with E-state index < -0.39 is 54.1 Å². The van der Waals surface area contributed by atoms with E-state index in [0.29, 0.717) is 0 Å². The zero-order chi connectivity index (χ0) is 18.2. The summed E-state index contributed by atoms with van der Waals surface area (Å²) in [5.41, 5.74) is 10.2. The average molecular weight is 331 g/mol. The first kappa shape index (κ1) is 20.3. The lowest BCUT2D eigenvalue weighted by Gasteiger charge is -2.18. The summed E-state index contributed by atoms with van der Waals surface area (Å²) in [6.45, 7) is 2.36. The number of rotatable bonds is 9. The van der Waals surface area contributed by atoms with Gasteiger partial charge in [-0.2, -0.15) is 0 Å². The molecule has 0 aliphatic rings. The highest BCUT2D eigenvalue weighted by atomic mass is 16.4. The van der Waals surface area contributed by atoms with Crippen LogP contribution in [0.1, 0.15) is 20.3 Å². The van der Waals surface area contributed by atoms with Crippen LogP contribution in [-0.2, 0) is 24.0 Å². The van der Waals surface area contributed by atoms with Crippen molar-refractivity contribution in [2.75, 3.05) is 6.54 Å². The molecular formula is C12H21N5O6. The molecule has 0 aromatic heterocycles. The quantitative estimate of drug-likeness (QED) is 0.251. The van der Waals surface area contributed by atoms with Gasteiger partial charge in [-0.25, -0.2) is 4.79 Å². The molecule has 4 amide bonds. The van der Waals surface area contributed by atoms with E-state index in [1.165, 1.54) is 13.8 Å². The molecule has 0 spiro atoms. The number of carbonyl (C=O) groups excluding carboxylic acids is 4. The Bertz CT molecular complexity index is 492. The molecular weight excluding hydrogens is 310 g/mol. The van der Waals surface area contributed by atoms with E-state index >= 15 is 0 Å². The van der Waals surface area contributed by atoms with Gasteiger partial charge in [0.25, 0.3) is 0 Å². The van der Waals surface area contributed by atoms with Crippen LogP contribution in [0.2, 0.25) is 0 Å². The second-order valence-corrected chi connectivity index (χ2v) is 4.87. The van der Waals surface area contributed by atoms with E-state index in [2.05, 4.69) is 16.0 Å². The van der Waals surface area contributed by atoms with Crippen molar-refractivity contribution in [1.82, 2.24) is 16.0 Å². The number of carbonyl (C=O) groups is 5. The zero-order valence-electron chi connectivity index (χ0n) is 12.8. The maximum Gasteiger partial charge on any atom is 0.326 e. The SMILES string of the molecule is CC(N)C(=O)NCC(=O)NC(C)C(=O)NC(CC(N)=O)C(=O)O. The summed E-state index contributed by atoms with van der Waals surface area (Å²) >= 11 is 0. The van der Waals surface area contributed by atoms with Crippen LogP contribution in [0, 0.1) is 0 Å². The molecule has 0 heterocycles. The lowest BCUT2D eigenvalue weighted by molar-refractivity contribution is -0.143. The standard InChI is InChI=1S/C12H21N5O6/c1-5(13)10(20)15-4-9(19)16-6(2)11(21)17-7(12(22)23)3-8(14)18/h5-7H,3-4,13H2,1-2H3,(H2,14,18)(H,15,20)(H,16,19)(H,17,21)(H,22,23). The Kier molecular flexibility index (Phi) is 8.26. The molecule has 0 bridgehead atoms. The van der Waals surface area contributed by atoms with E-state index in [-0.39, 0.29) is 6.54 Å². The molecule has 0 aromatic carbocycles. The van der Waals surface area contributed by atoms with E-state index in [0.717, 1.165) is 0 Å². The number of hydrogen-bond acceptors (Lipinski definition) is 6. The van der Waals surface area contributed by atoms with Gasteiger partial charge in [-0.15, -0.1) is 0 Å². The number of aliphatic carboxylic acids is 1. The number of carboxylic acids is 1. The molecule has 0 rings (SSSR count). The predicted octanol–water partition coefficient (Wildman–Crippen LogP) is -3.60. The molecule has 0 saturated heterocycles. The number of amides is 4. The van der Waals surface area contributed by atoms with Crippen LogP contribution in [0.4, 0.5) is 0 Å². The normalized spacial score (nSPS) is 14.0. The van der Waals surface area contributed by atoms with Crippen molar-refractivity contribution in [3.63, 3.8) is 0 Å². The van der Waals surface area contributed by atoms with Crippen LogP contribution in [0.25, 0.3) is 0 Å². The van der Waals surface area contributed by atoms with Crippen molar-refractivity contribution in [2.24, 2.45) is 11.5 Å². The lowest BCUT2D eigenvalue weighted by Crippen LogP contribution is -2.53. The third kappa shape index (κ3) is 8.36. The van der Waals surface area contributed by atoms with Crippen molar-refractivity contribution in [3.05, 3.63) is 0 Å². The van der Waals surface area contributed by atoms with Gasteiger partial charge in [0, 0.05) is 0 Å². The highest BCUT2D eigenvalue weighted by Crippen LogP contribution is 1.94. The van der Waals surface area contributed by atoms with Gasteiger partial charge < -0.3 is 32.5 Å². The highest BCUT2D eigenvalue weighted by Gasteiger charge is 2.25. The minimum atomic E-state index is -1.49. The largest absolute Gasteiger partial charge is 0.480 e. The van der Waals surface area contributed by atoms with E-state index in [1.54, 1.807) is 0 Å². The Morgan fingerprint density at radius 1 is 1.04 bits per heavy atom. The van der Waals surface area contributed by atoms with Crippen molar-refractivity contribution in [2.45, 2.75) is 38.4 Å². The monoisotopic (exact) mass is 331 g/mol. The number of nitrogens with one attached hydrogen (secondary N) is 3. The molecule has 0 radical (unpaired) electrons. The number of nitrogens with two attached hydrogens (primary N) is 2. The van der Waals surface area contributed by atoms with E-state index in [9.17, 15) is 24.0 Å². The van der Waals surface area contributed by atoms with Crippen LogP contribution < -0.4 is 27.4 Å². The minimum Gasteiger partial charge on any atom is -0.480 e. The van der Waals surface area contributed by atoms with Gasteiger partial charge in [0.15, 0.2) is 0 Å². The van der Waals surface area contributed by atoms with Crippen LogP contribution in [0.3, 0.4) is 0 Å². The fourth-order valence-corrected chi connectivity index (χ4v) is 1.38. The highest BCUT2D eigenvalue weighted by molar-refractivity contribution is 5.93. The van der Waals surface area contributed by atoms with Crippen molar-refractivity contribution in [1.29, 1.82) is 0 Å². The van der Waals surface area contributed by atoms with Gasteiger partial charge in [-0.05, 0) is 13.8 Å². The second-order valence-electron chi connectivity index (χ2n) is 4.87. The van der Waals surface area contributed by atoms with Crippen molar-refractivity contribution in [3.8, 4) is 0 Å². The first-order valence-electron chi connectivity index (χ1n) is 6.68. The first-order chi connectivity index (χ1) is 10.5. The van der Waals surface area contributed by atoms with Crippen LogP contribution in [-0.4, -0.2) is 59.4 Å². The van der Waals surface area contributed by atoms with Crippen LogP contribution >= 0.6 is 0 Å². The van der Waals surface area contributed by atoms with Gasteiger partial charge in [0.1, 0.15) is 12.1 Å². The fraction of sp³-hybridized carbons (Fsp3) is 0.583. The summed E-state index contributed by atoms with van der Waals surface area (Å²) in [5, 5.41) is 15.4. The predicted molar refractivity (Wildman–Crippen MR) is 77.6 cm³/mol. The third-order valence-electron chi connectivity index (χ3n) is 2.63. The summed E-state index contributed by atoms with van der Waals surface area (Å²) in [6.07, 6.45) is -0.577. The smallest absolute Gasteiger partial charge is 0.326 e. The Morgan fingerprint density at radius 3 is 2.04 bits per heavy atom. The number of hydrogen-bond donors (Lipinski definition) is 6. The maximum absolute atomic E-state index is 11.8. The number of carboxylic acid groups (broad SMARTS) is 1. The summed E-state index contributed by atoms with van der Waals surface area (Å²) in [4.78, 5) is 56.1. The number of primary amides is 1. The van der Waals surface area contributed by atoms with Crippen molar-refractivity contribution < 1.29 is 29.1 Å². The summed E-state index contributed by atoms with van der Waals surface area (Å²) in [5.74, 6) is -4.34. The molecule has 0 fully saturated rings. The molecule has 0 aliphatic carbocycles.